The van der Waals surface area contributed by atoms with Crippen molar-refractivity contribution in [1.82, 2.24) is 10.3 Å². The van der Waals surface area contributed by atoms with Gasteiger partial charge in [-0.25, -0.2) is 13.8 Å². The second-order valence-corrected chi connectivity index (χ2v) is 9.27. The minimum absolute atomic E-state index is 0.297. The number of pyridine rings is 1. The maximum Gasteiger partial charge on any atom is 0.217 e. The summed E-state index contributed by atoms with van der Waals surface area (Å²) in [6.07, 6.45) is 0.623. The zero-order valence-corrected chi connectivity index (χ0v) is 20.7. The molecule has 1 heterocycles. The van der Waals surface area contributed by atoms with Crippen LogP contribution in [-0.2, 0) is 5.41 Å². The van der Waals surface area contributed by atoms with Crippen molar-refractivity contribution in [2.45, 2.75) is 31.6 Å². The Morgan fingerprint density at radius 1 is 1.03 bits per heavy atom. The molecule has 180 valence electrons. The maximum atomic E-state index is 15.4. The van der Waals surface area contributed by atoms with E-state index in [2.05, 4.69) is 36.5 Å². The fraction of sp³-hybridized carbons (Fsp3) is 0.276. The zero-order valence-electron chi connectivity index (χ0n) is 20.7. The Morgan fingerprint density at radius 2 is 1.80 bits per heavy atom. The Morgan fingerprint density at radius 3 is 2.49 bits per heavy atom. The number of benzene rings is 3. The van der Waals surface area contributed by atoms with Crippen molar-refractivity contribution in [1.29, 1.82) is 0 Å². The lowest BCUT2D eigenvalue weighted by Crippen LogP contribution is -2.36. The quantitative estimate of drug-likeness (QED) is 0.279. The van der Waals surface area contributed by atoms with Crippen molar-refractivity contribution in [3.05, 3.63) is 101 Å². The monoisotopic (exact) mass is 472 g/mol. The summed E-state index contributed by atoms with van der Waals surface area (Å²) in [5.74, 6) is -0.924. The Hall–Kier alpha value is -3.25. The van der Waals surface area contributed by atoms with Gasteiger partial charge in [0.25, 0.3) is 0 Å². The minimum Gasteiger partial charge on any atom is -0.481 e. The molecule has 35 heavy (non-hydrogen) atoms. The summed E-state index contributed by atoms with van der Waals surface area (Å²) in [7, 11) is 3.66. The van der Waals surface area contributed by atoms with Crippen LogP contribution in [0.1, 0.15) is 42.9 Å². The van der Waals surface area contributed by atoms with Crippen LogP contribution >= 0.6 is 0 Å². The SMILES string of the molecule is Bc1ccc2nc(OC)c(C(c3ccccc3)[C@@](C)(CCNCC)c3ccc(F)cc3F)cc2c1. The first-order valence-corrected chi connectivity index (χ1v) is 12.0. The average molecular weight is 472 g/mol. The average Bonchev–Trinajstić information content (AvgIpc) is 2.84. The van der Waals surface area contributed by atoms with E-state index in [1.54, 1.807) is 13.2 Å². The summed E-state index contributed by atoms with van der Waals surface area (Å²) in [5.41, 5.74) is 3.60. The van der Waals surface area contributed by atoms with E-state index in [-0.39, 0.29) is 5.92 Å². The van der Waals surface area contributed by atoms with E-state index in [9.17, 15) is 4.39 Å². The molecule has 0 radical (unpaired) electrons. The molecule has 0 aliphatic rings. The lowest BCUT2D eigenvalue weighted by molar-refractivity contribution is 0.340. The van der Waals surface area contributed by atoms with Crippen LogP contribution in [0.15, 0.2) is 72.8 Å². The second kappa shape index (κ2) is 10.6. The minimum atomic E-state index is -0.728. The number of nitrogens with zero attached hydrogens (tertiary/aromatic N) is 1. The highest BCUT2D eigenvalue weighted by Gasteiger charge is 2.41. The van der Waals surface area contributed by atoms with Gasteiger partial charge in [-0.15, -0.1) is 0 Å². The van der Waals surface area contributed by atoms with E-state index < -0.39 is 17.0 Å². The summed E-state index contributed by atoms with van der Waals surface area (Å²) in [5, 5.41) is 4.38. The van der Waals surface area contributed by atoms with Crippen LogP contribution in [-0.4, -0.2) is 33.0 Å². The first kappa shape index (κ1) is 24.9. The van der Waals surface area contributed by atoms with E-state index in [4.69, 9.17) is 9.72 Å². The van der Waals surface area contributed by atoms with Crippen molar-refractivity contribution in [2.24, 2.45) is 0 Å². The summed E-state index contributed by atoms with van der Waals surface area (Å²) >= 11 is 0. The second-order valence-electron chi connectivity index (χ2n) is 9.27. The zero-order chi connectivity index (χ0) is 25.0. The molecule has 2 atom stereocenters. The third kappa shape index (κ3) is 5.08. The van der Waals surface area contributed by atoms with Crippen molar-refractivity contribution >= 4 is 24.2 Å². The predicted octanol–water partition coefficient (Wildman–Crippen LogP) is 4.87. The standard InChI is InChI=1S/C29H31BF2N2O/c1-4-33-15-14-29(2,24-12-11-22(31)18-25(24)32)27(19-8-6-5-7-9-19)23-17-20-16-21(30)10-13-26(20)34-28(23)35-3/h5-13,16-18,27,33H,4,14-15,30H2,1-3H3/t27?,29-/m0/s1. The van der Waals surface area contributed by atoms with E-state index in [0.29, 0.717) is 24.4 Å². The van der Waals surface area contributed by atoms with Crippen LogP contribution in [0.5, 0.6) is 5.88 Å². The van der Waals surface area contributed by atoms with Crippen molar-refractivity contribution in [3.63, 3.8) is 0 Å². The van der Waals surface area contributed by atoms with Crippen LogP contribution < -0.4 is 15.5 Å². The third-order valence-electron chi connectivity index (χ3n) is 6.85. The van der Waals surface area contributed by atoms with Gasteiger partial charge >= 0.3 is 0 Å². The third-order valence-corrected chi connectivity index (χ3v) is 6.85. The van der Waals surface area contributed by atoms with Gasteiger partial charge in [-0.05, 0) is 48.8 Å². The highest BCUT2D eigenvalue weighted by atomic mass is 19.1. The van der Waals surface area contributed by atoms with Gasteiger partial charge in [0.1, 0.15) is 19.5 Å². The number of nitrogens with one attached hydrogen (secondary N) is 1. The molecule has 0 amide bonds. The molecule has 1 N–H and O–H groups in total. The van der Waals surface area contributed by atoms with Gasteiger partial charge in [0.2, 0.25) is 5.88 Å². The van der Waals surface area contributed by atoms with Crippen LogP contribution in [0.4, 0.5) is 8.78 Å². The summed E-state index contributed by atoms with van der Waals surface area (Å²) in [6, 6.07) is 22.2. The lowest BCUT2D eigenvalue weighted by atomic mass is 9.64. The fourth-order valence-electron chi connectivity index (χ4n) is 5.11. The van der Waals surface area contributed by atoms with Gasteiger partial charge in [0, 0.05) is 28.3 Å². The maximum absolute atomic E-state index is 15.4. The molecule has 6 heteroatoms. The first-order chi connectivity index (χ1) is 16.9. The molecule has 0 spiro atoms. The highest BCUT2D eigenvalue weighted by Crippen LogP contribution is 2.49. The number of fused-ring (bicyclic) bond motifs is 1. The molecule has 3 nitrogen and oxygen atoms in total. The van der Waals surface area contributed by atoms with Gasteiger partial charge in [-0.1, -0.05) is 67.8 Å². The number of aromatic nitrogens is 1. The number of hydrogen-bond donors (Lipinski definition) is 1. The molecule has 0 bridgehead atoms. The molecule has 1 unspecified atom stereocenters. The molecule has 1 aromatic heterocycles. The molecular formula is C29H31BF2N2O. The number of halogens is 2. The summed E-state index contributed by atoms with van der Waals surface area (Å²) in [6.45, 7) is 5.58. The topological polar surface area (TPSA) is 34.1 Å². The number of ether oxygens (including phenoxy) is 1. The number of rotatable bonds is 9. The normalized spacial score (nSPS) is 14.0. The molecule has 0 saturated carbocycles. The molecule has 4 rings (SSSR count). The lowest BCUT2D eigenvalue weighted by Gasteiger charge is -2.40. The number of hydrogen-bond acceptors (Lipinski definition) is 3. The van der Waals surface area contributed by atoms with Crippen LogP contribution in [0.25, 0.3) is 10.9 Å². The number of methoxy groups -OCH3 is 1. The highest BCUT2D eigenvalue weighted by molar-refractivity contribution is 6.33. The molecule has 4 aromatic rings. The van der Waals surface area contributed by atoms with Crippen LogP contribution in [0.3, 0.4) is 0 Å². The van der Waals surface area contributed by atoms with Gasteiger partial charge in [-0.3, -0.25) is 0 Å². The smallest absolute Gasteiger partial charge is 0.217 e. The molecule has 0 aliphatic carbocycles. The van der Waals surface area contributed by atoms with Crippen molar-refractivity contribution in [2.75, 3.05) is 20.2 Å². The van der Waals surface area contributed by atoms with Gasteiger partial charge in [0.05, 0.1) is 12.6 Å². The Labute approximate surface area is 207 Å². The van der Waals surface area contributed by atoms with E-state index >= 15 is 4.39 Å². The molecule has 0 aliphatic heterocycles. The largest absolute Gasteiger partial charge is 0.481 e. The molecule has 3 aromatic carbocycles. The van der Waals surface area contributed by atoms with Crippen molar-refractivity contribution < 1.29 is 13.5 Å². The van der Waals surface area contributed by atoms with Crippen molar-refractivity contribution in [3.8, 4) is 5.88 Å². The Balaban J connectivity index is 2.02. The summed E-state index contributed by atoms with van der Waals surface area (Å²) < 4.78 is 35.2. The first-order valence-electron chi connectivity index (χ1n) is 12.0. The van der Waals surface area contributed by atoms with E-state index in [1.807, 2.05) is 45.1 Å². The Bertz CT molecular complexity index is 1320. The fourth-order valence-corrected chi connectivity index (χ4v) is 5.11. The van der Waals surface area contributed by atoms with Gasteiger partial charge < -0.3 is 10.1 Å². The van der Waals surface area contributed by atoms with Crippen LogP contribution in [0, 0.1) is 11.6 Å². The molecular weight excluding hydrogens is 441 g/mol. The summed E-state index contributed by atoms with van der Waals surface area (Å²) in [4.78, 5) is 4.83. The van der Waals surface area contributed by atoms with Gasteiger partial charge in [-0.2, -0.15) is 0 Å². The Kier molecular flexibility index (Phi) is 7.51. The van der Waals surface area contributed by atoms with Gasteiger partial charge in [0.15, 0.2) is 0 Å². The van der Waals surface area contributed by atoms with E-state index in [0.717, 1.165) is 40.1 Å². The van der Waals surface area contributed by atoms with E-state index in [1.165, 1.54) is 6.07 Å². The molecule has 0 fully saturated rings. The van der Waals surface area contributed by atoms with Crippen LogP contribution in [0.2, 0.25) is 0 Å². The predicted molar refractivity (Wildman–Crippen MR) is 142 cm³/mol. The molecule has 0 saturated heterocycles.